The Morgan fingerprint density at radius 1 is 0.875 bits per heavy atom. The lowest BCUT2D eigenvalue weighted by Crippen LogP contribution is -2.51. The van der Waals surface area contributed by atoms with Crippen LogP contribution in [-0.4, -0.2) is 132 Å². The smallest absolute Gasteiger partial charge is 0.282 e. The molecule has 4 atom stereocenters. The second-order valence-corrected chi connectivity index (χ2v) is 25.9. The molecule has 3 saturated heterocycles. The average molecular weight is 1120 g/mol. The van der Waals surface area contributed by atoms with Gasteiger partial charge in [0.15, 0.2) is 0 Å². The number of morpholine rings is 1. The number of halogens is 1. The third-order valence-electron chi connectivity index (χ3n) is 19.8. The number of likely N-dealkylation sites (tertiary alicyclic amines) is 2. The van der Waals surface area contributed by atoms with E-state index in [1.807, 2.05) is 35.4 Å². The van der Waals surface area contributed by atoms with Gasteiger partial charge in [-0.05, 0) is 142 Å². The molecule has 6 aromatic rings. The van der Waals surface area contributed by atoms with Crippen LogP contribution in [0.5, 0.6) is 0 Å². The van der Waals surface area contributed by atoms with Gasteiger partial charge < -0.3 is 25.0 Å². The van der Waals surface area contributed by atoms with Crippen LogP contribution in [0.4, 0.5) is 0 Å². The second kappa shape index (κ2) is 23.1. The van der Waals surface area contributed by atoms with Crippen molar-refractivity contribution in [3.8, 4) is 16.1 Å². The molecule has 3 aromatic carbocycles. The van der Waals surface area contributed by atoms with Crippen LogP contribution in [0.2, 0.25) is 5.02 Å². The molecule has 4 aliphatic heterocycles. The fraction of sp³-hybridized carbons (Fsp3) is 0.571. The van der Waals surface area contributed by atoms with Crippen molar-refractivity contribution in [2.75, 3.05) is 59.0 Å². The molecule has 2 N–H and O–H groups in total. The lowest BCUT2D eigenvalue weighted by Gasteiger charge is -2.37. The van der Waals surface area contributed by atoms with Crippen molar-refractivity contribution in [2.24, 2.45) is 11.8 Å². The van der Waals surface area contributed by atoms with Crippen LogP contribution in [-0.2, 0) is 19.7 Å². The molecule has 3 saturated carbocycles. The van der Waals surface area contributed by atoms with Crippen LogP contribution in [0, 0.1) is 18.8 Å². The maximum atomic E-state index is 15.2. The summed E-state index contributed by atoms with van der Waals surface area (Å²) < 4.78 is 9.78. The number of carbonyl (C=O) groups is 2. The van der Waals surface area contributed by atoms with Crippen LogP contribution in [0.25, 0.3) is 27.0 Å². The van der Waals surface area contributed by atoms with Gasteiger partial charge in [-0.25, -0.2) is 9.67 Å². The number of thiazole rings is 1. The van der Waals surface area contributed by atoms with Crippen LogP contribution in [0.3, 0.4) is 0 Å². The van der Waals surface area contributed by atoms with Crippen LogP contribution in [0.1, 0.15) is 167 Å². The number of hydrogen-bond donors (Lipinski definition) is 2. The number of nitrogens with one attached hydrogen (secondary N) is 1. The number of amides is 2. The zero-order valence-corrected chi connectivity index (χ0v) is 47.9. The lowest BCUT2D eigenvalue weighted by atomic mass is 9.69. The predicted octanol–water partition coefficient (Wildman–Crippen LogP) is 10.1. The van der Waals surface area contributed by atoms with Crippen molar-refractivity contribution in [3.63, 3.8) is 0 Å². The fourth-order valence-electron chi connectivity index (χ4n) is 15.5. The third kappa shape index (κ3) is 10.5. The first-order valence-electron chi connectivity index (χ1n) is 30.2. The summed E-state index contributed by atoms with van der Waals surface area (Å²) in [6.07, 6.45) is 18.6. The zero-order chi connectivity index (χ0) is 54.5. The second-order valence-electron chi connectivity index (χ2n) is 24.6. The summed E-state index contributed by atoms with van der Waals surface area (Å²) in [6, 6.07) is 19.6. The zero-order valence-electron chi connectivity index (χ0n) is 46.3. The van der Waals surface area contributed by atoms with Gasteiger partial charge >= 0.3 is 0 Å². The van der Waals surface area contributed by atoms with E-state index in [1.54, 1.807) is 22.3 Å². The maximum Gasteiger partial charge on any atom is 0.282 e. The molecule has 0 bridgehead atoms. The molecule has 0 radical (unpaired) electrons. The highest BCUT2D eigenvalue weighted by molar-refractivity contribution is 7.13. The van der Waals surface area contributed by atoms with E-state index in [0.717, 1.165) is 168 Å². The van der Waals surface area contributed by atoms with Crippen molar-refractivity contribution in [1.82, 2.24) is 49.5 Å². The largest absolute Gasteiger partial charge is 0.391 e. The number of β-amino-alcohol motifs (C(OH)–C–C–N with tert-alkyl or cyclic N) is 1. The quantitative estimate of drug-likeness (QED) is 0.113. The van der Waals surface area contributed by atoms with E-state index in [-0.39, 0.29) is 53.6 Å². The van der Waals surface area contributed by atoms with E-state index in [1.165, 1.54) is 23.2 Å². The van der Waals surface area contributed by atoms with Crippen molar-refractivity contribution < 1.29 is 19.4 Å². The molecule has 80 heavy (non-hydrogen) atoms. The van der Waals surface area contributed by atoms with E-state index >= 15 is 4.79 Å². The maximum absolute atomic E-state index is 15.2. The lowest BCUT2D eigenvalue weighted by molar-refractivity contribution is -0.143. The summed E-state index contributed by atoms with van der Waals surface area (Å²) in [6.45, 7) is 8.84. The van der Waals surface area contributed by atoms with Crippen LogP contribution in [0.15, 0.2) is 77.2 Å². The molecule has 15 nitrogen and oxygen atoms in total. The van der Waals surface area contributed by atoms with Gasteiger partial charge in [-0.3, -0.25) is 23.9 Å². The van der Waals surface area contributed by atoms with Gasteiger partial charge in [0.1, 0.15) is 17.9 Å². The molecule has 1 spiro atoms. The molecule has 7 aliphatic rings. The Balaban J connectivity index is 0.653. The first-order valence-corrected chi connectivity index (χ1v) is 31.4. The number of aliphatic hydroxyl groups is 1. The average Bonchev–Trinajstić information content (AvgIpc) is 3.52. The molecule has 422 valence electrons. The number of fused-ring (bicyclic) bond motifs is 7. The highest BCUT2D eigenvalue weighted by Gasteiger charge is 2.48. The van der Waals surface area contributed by atoms with Gasteiger partial charge in [-0.2, -0.15) is 4.98 Å². The van der Waals surface area contributed by atoms with Crippen molar-refractivity contribution in [3.05, 3.63) is 122 Å². The Labute approximate surface area is 478 Å². The number of piperidine rings is 1. The molecule has 2 amide bonds. The standard InChI is InChI=1S/C63H77ClN10O5S/c1-40-58(80-39-65-40)46-19-17-43(18-20-46)51(37-71-29-31-79-32-30-71)66-59(76)55-34-48(75)36-72(55)61(78)57(45-9-4-2-5-10-45)73-38-52(68-69-73)44-15-13-41(14-16-44)35-70-27-23-42(24-28-70)47-21-22-49-54(33-47)74-53-12-8-11-50(64)56(53)60(77)67-62(74)63(49)25-6-3-7-26-63/h8,11-12,17-22,33,38-39,41-42,44-45,48,51,55,57,75H,2-7,9-10,13-16,23-32,34-37H2,1H3,(H,66,76)/t41?,44?,48-,51+,55+,57+/m1/s1. The summed E-state index contributed by atoms with van der Waals surface area (Å²) >= 11 is 8.30. The fourth-order valence-corrected chi connectivity index (χ4v) is 16.5. The first kappa shape index (κ1) is 53.9. The Kier molecular flexibility index (Phi) is 15.6. The summed E-state index contributed by atoms with van der Waals surface area (Å²) in [5.41, 5.74) is 10.2. The van der Waals surface area contributed by atoms with Crippen molar-refractivity contribution in [2.45, 2.75) is 158 Å². The number of aromatic nitrogens is 6. The molecular weight excluding hydrogens is 1040 g/mol. The van der Waals surface area contributed by atoms with Crippen molar-refractivity contribution in [1.29, 1.82) is 0 Å². The first-order chi connectivity index (χ1) is 39.1. The van der Waals surface area contributed by atoms with E-state index in [9.17, 15) is 14.7 Å². The number of rotatable bonds is 13. The van der Waals surface area contributed by atoms with E-state index in [0.29, 0.717) is 42.0 Å². The Hall–Kier alpha value is -5.36. The highest BCUT2D eigenvalue weighted by Crippen LogP contribution is 2.52. The van der Waals surface area contributed by atoms with Gasteiger partial charge in [0.05, 0.1) is 74.2 Å². The SMILES string of the molecule is Cc1ncsc1-c1ccc([C@H](CN2CCOCC2)NC(=O)[C@@H]2C[C@@H](O)CN2C(=O)[C@H](C2CCCCC2)n2cc(C3CCC(CN4CCC(c5ccc6c(c5)-n5c(nc(=O)c7c(Cl)cccc75)C65CCCCC5)CC4)CC3)nn2)cc1. The van der Waals surface area contributed by atoms with Gasteiger partial charge in [-0.1, -0.05) is 97.8 Å². The molecule has 3 aliphatic carbocycles. The number of hydrogen-bond acceptors (Lipinski definition) is 12. The Morgan fingerprint density at radius 3 is 2.39 bits per heavy atom. The highest BCUT2D eigenvalue weighted by atomic mass is 35.5. The van der Waals surface area contributed by atoms with Crippen LogP contribution >= 0.6 is 22.9 Å². The number of benzene rings is 3. The van der Waals surface area contributed by atoms with Gasteiger partial charge in [0.25, 0.3) is 5.56 Å². The van der Waals surface area contributed by atoms with Gasteiger partial charge in [-0.15, -0.1) is 16.4 Å². The molecule has 17 heteroatoms. The molecule has 3 aromatic heterocycles. The van der Waals surface area contributed by atoms with E-state index < -0.39 is 18.2 Å². The third-order valence-corrected chi connectivity index (χ3v) is 21.1. The minimum atomic E-state index is -0.807. The number of aryl methyl sites for hydroxylation is 1. The molecule has 7 heterocycles. The molecule has 0 unspecified atom stereocenters. The number of nitrogens with zero attached hydrogens (tertiary/aromatic N) is 9. The summed E-state index contributed by atoms with van der Waals surface area (Å²) in [7, 11) is 0. The normalized spacial score (nSPS) is 24.7. The number of ether oxygens (including phenoxy) is 1. The number of aliphatic hydroxyl groups excluding tert-OH is 1. The summed E-state index contributed by atoms with van der Waals surface area (Å²) in [5, 5.41) is 25.1. The molecular formula is C63H77ClN10O5S. The molecule has 6 fully saturated rings. The van der Waals surface area contributed by atoms with Gasteiger partial charge in [0, 0.05) is 51.3 Å². The topological polar surface area (TPSA) is 164 Å². The van der Waals surface area contributed by atoms with Crippen molar-refractivity contribution >= 4 is 45.7 Å². The summed E-state index contributed by atoms with van der Waals surface area (Å²) in [4.78, 5) is 60.4. The van der Waals surface area contributed by atoms with E-state index in [2.05, 4.69) is 67.1 Å². The van der Waals surface area contributed by atoms with E-state index in [4.69, 9.17) is 31.6 Å². The minimum Gasteiger partial charge on any atom is -0.391 e. The Bertz CT molecular complexity index is 3250. The summed E-state index contributed by atoms with van der Waals surface area (Å²) in [5.74, 6) is 1.96. The number of carbonyl (C=O) groups excluding carboxylic acids is 2. The monoisotopic (exact) mass is 1120 g/mol. The van der Waals surface area contributed by atoms with Crippen LogP contribution < -0.4 is 10.9 Å². The Morgan fingerprint density at radius 2 is 1.64 bits per heavy atom. The molecule has 13 rings (SSSR count). The van der Waals surface area contributed by atoms with Gasteiger partial charge in [0.2, 0.25) is 11.8 Å². The minimum absolute atomic E-state index is 0.0688. The predicted molar refractivity (Wildman–Crippen MR) is 312 cm³/mol.